The van der Waals surface area contributed by atoms with Crippen molar-refractivity contribution in [1.82, 2.24) is 9.88 Å². The highest BCUT2D eigenvalue weighted by Gasteiger charge is 2.31. The van der Waals surface area contributed by atoms with Crippen LogP contribution in [0.2, 0.25) is 0 Å². The van der Waals surface area contributed by atoms with E-state index in [1.807, 2.05) is 16.7 Å². The van der Waals surface area contributed by atoms with E-state index in [0.29, 0.717) is 44.0 Å². The Labute approximate surface area is 183 Å². The summed E-state index contributed by atoms with van der Waals surface area (Å²) in [7, 11) is 0. The summed E-state index contributed by atoms with van der Waals surface area (Å²) in [6.07, 6.45) is -2.92. The molecule has 32 heavy (non-hydrogen) atoms. The maximum atomic E-state index is 12.7. The number of aromatic nitrogens is 1. The van der Waals surface area contributed by atoms with Crippen LogP contribution in [0.1, 0.15) is 23.1 Å². The van der Waals surface area contributed by atoms with E-state index in [1.165, 1.54) is 12.1 Å². The fourth-order valence-corrected chi connectivity index (χ4v) is 3.59. The van der Waals surface area contributed by atoms with Crippen molar-refractivity contribution in [3.8, 4) is 0 Å². The highest BCUT2D eigenvalue weighted by Crippen LogP contribution is 2.31. The Bertz CT molecular complexity index is 995. The minimum atomic E-state index is -4.43. The monoisotopic (exact) mass is 451 g/mol. The van der Waals surface area contributed by atoms with Gasteiger partial charge >= 0.3 is 6.18 Å². The van der Waals surface area contributed by atoms with Crippen molar-refractivity contribution in [2.24, 2.45) is 0 Å². The highest BCUT2D eigenvalue weighted by atomic mass is 19.4. The van der Waals surface area contributed by atoms with Crippen molar-refractivity contribution in [1.29, 1.82) is 0 Å². The lowest BCUT2D eigenvalue weighted by Crippen LogP contribution is -2.36. The molecule has 0 radical (unpaired) electrons. The zero-order valence-corrected chi connectivity index (χ0v) is 17.8. The minimum absolute atomic E-state index is 0.0544. The van der Waals surface area contributed by atoms with Crippen LogP contribution in [0.3, 0.4) is 0 Å². The second kappa shape index (κ2) is 9.51. The number of anilines is 2. The number of hydrogen-bond acceptors (Lipinski definition) is 6. The second-order valence-corrected chi connectivity index (χ2v) is 7.73. The molecule has 0 unspecified atom stereocenters. The lowest BCUT2D eigenvalue weighted by atomic mass is 10.1. The molecule has 1 aromatic carbocycles. The zero-order valence-electron chi connectivity index (χ0n) is 17.8. The first-order valence-electron chi connectivity index (χ1n) is 10.1. The minimum Gasteiger partial charge on any atom is -0.355 e. The van der Waals surface area contributed by atoms with Crippen molar-refractivity contribution in [2.45, 2.75) is 26.4 Å². The molecule has 0 bridgehead atoms. The highest BCUT2D eigenvalue weighted by molar-refractivity contribution is 5.95. The molecule has 0 aliphatic carbocycles. The molecule has 1 amide bonds. The van der Waals surface area contributed by atoms with Crippen molar-refractivity contribution >= 4 is 23.1 Å². The predicted molar refractivity (Wildman–Crippen MR) is 114 cm³/mol. The number of alkyl halides is 3. The van der Waals surface area contributed by atoms with Crippen LogP contribution in [-0.4, -0.2) is 53.4 Å². The van der Waals surface area contributed by atoms with E-state index in [0.717, 1.165) is 17.8 Å². The first-order valence-corrected chi connectivity index (χ1v) is 10.1. The van der Waals surface area contributed by atoms with Crippen LogP contribution in [0, 0.1) is 24.0 Å². The molecule has 172 valence electrons. The lowest BCUT2D eigenvalue weighted by molar-refractivity contribution is -0.384. The number of benzene rings is 1. The third-order valence-electron chi connectivity index (χ3n) is 5.53. The first-order chi connectivity index (χ1) is 15.1. The van der Waals surface area contributed by atoms with Crippen LogP contribution < -0.4 is 10.2 Å². The summed E-state index contributed by atoms with van der Waals surface area (Å²) in [6.45, 7) is 5.80. The second-order valence-electron chi connectivity index (χ2n) is 7.73. The maximum absolute atomic E-state index is 12.7. The van der Waals surface area contributed by atoms with Crippen LogP contribution in [0.5, 0.6) is 0 Å². The Balaban J connectivity index is 1.62. The molecular formula is C21H24F3N5O3. The van der Waals surface area contributed by atoms with Crippen LogP contribution in [-0.2, 0) is 11.0 Å². The Morgan fingerprint density at radius 2 is 1.91 bits per heavy atom. The van der Waals surface area contributed by atoms with Gasteiger partial charge in [0.25, 0.3) is 5.69 Å². The van der Waals surface area contributed by atoms with Crippen LogP contribution in [0.4, 0.5) is 30.4 Å². The lowest BCUT2D eigenvalue weighted by Gasteiger charge is -2.23. The van der Waals surface area contributed by atoms with Crippen LogP contribution in [0.25, 0.3) is 0 Å². The number of amides is 1. The summed E-state index contributed by atoms with van der Waals surface area (Å²) < 4.78 is 38.2. The van der Waals surface area contributed by atoms with Crippen LogP contribution in [0.15, 0.2) is 30.5 Å². The number of halogens is 3. The van der Waals surface area contributed by atoms with E-state index in [1.54, 1.807) is 13.0 Å². The average Bonchev–Trinajstić information content (AvgIpc) is 2.96. The molecule has 3 rings (SSSR count). The predicted octanol–water partition coefficient (Wildman–Crippen LogP) is 3.78. The Morgan fingerprint density at radius 3 is 2.53 bits per heavy atom. The first kappa shape index (κ1) is 23.5. The van der Waals surface area contributed by atoms with E-state index in [2.05, 4.69) is 10.3 Å². The Morgan fingerprint density at radius 1 is 1.16 bits per heavy atom. The molecule has 2 aromatic rings. The summed E-state index contributed by atoms with van der Waals surface area (Å²) in [5.41, 5.74) is 0.723. The standard InChI is InChI=1S/C21H24F3N5O3/c1-14-4-6-17(29(31)32)20(15(14)2)26-19(30)13-27-8-3-9-28(11-10-27)18-7-5-16(12-25-18)21(22,23)24/h4-7,12H,3,8-11,13H2,1-2H3,(H,26,30). The average molecular weight is 451 g/mol. The molecule has 1 saturated heterocycles. The number of rotatable bonds is 5. The van der Waals surface area contributed by atoms with E-state index >= 15 is 0 Å². The molecule has 1 aliphatic rings. The summed E-state index contributed by atoms with van der Waals surface area (Å²) in [4.78, 5) is 31.1. The van der Waals surface area contributed by atoms with Crippen molar-refractivity contribution in [3.05, 3.63) is 57.3 Å². The number of nitrogens with one attached hydrogen (secondary N) is 1. The molecule has 2 heterocycles. The number of nitro groups is 1. The molecule has 1 aliphatic heterocycles. The molecule has 1 fully saturated rings. The summed E-state index contributed by atoms with van der Waals surface area (Å²) >= 11 is 0. The number of carbonyl (C=O) groups is 1. The number of aryl methyl sites for hydroxylation is 1. The molecule has 8 nitrogen and oxygen atoms in total. The molecule has 11 heteroatoms. The number of nitro benzene ring substituents is 1. The Hall–Kier alpha value is -3.21. The molecule has 0 saturated carbocycles. The van der Waals surface area contributed by atoms with Crippen molar-refractivity contribution in [3.63, 3.8) is 0 Å². The fourth-order valence-electron chi connectivity index (χ4n) is 3.59. The van der Waals surface area contributed by atoms with Gasteiger partial charge in [-0.3, -0.25) is 19.8 Å². The number of nitrogens with zero attached hydrogens (tertiary/aromatic N) is 4. The van der Waals surface area contributed by atoms with Crippen LogP contribution >= 0.6 is 0 Å². The Kier molecular flexibility index (Phi) is 6.97. The van der Waals surface area contributed by atoms with E-state index in [9.17, 15) is 28.1 Å². The SMILES string of the molecule is Cc1ccc([N+](=O)[O-])c(NC(=O)CN2CCCN(c3ccc(C(F)(F)F)cn3)CC2)c1C. The smallest absolute Gasteiger partial charge is 0.355 e. The van der Waals surface area contributed by atoms with Crippen molar-refractivity contribution in [2.75, 3.05) is 42.9 Å². The van der Waals surface area contributed by atoms with Gasteiger partial charge in [0.05, 0.1) is 17.0 Å². The van der Waals surface area contributed by atoms with Gasteiger partial charge in [-0.25, -0.2) is 4.98 Å². The summed E-state index contributed by atoms with van der Waals surface area (Å²) in [5.74, 6) is 0.0956. The van der Waals surface area contributed by atoms with Crippen molar-refractivity contribution < 1.29 is 22.9 Å². The molecule has 1 aromatic heterocycles. The fraction of sp³-hybridized carbons (Fsp3) is 0.429. The van der Waals surface area contributed by atoms with Gasteiger partial charge < -0.3 is 10.2 Å². The van der Waals surface area contributed by atoms with Gasteiger partial charge in [0.15, 0.2) is 0 Å². The van der Waals surface area contributed by atoms with Gasteiger partial charge in [-0.15, -0.1) is 0 Å². The van der Waals surface area contributed by atoms with Gasteiger partial charge in [-0.05, 0) is 43.5 Å². The number of hydrogen-bond donors (Lipinski definition) is 1. The molecule has 0 atom stereocenters. The van der Waals surface area contributed by atoms with Gasteiger partial charge in [-0.1, -0.05) is 6.07 Å². The topological polar surface area (TPSA) is 91.6 Å². The maximum Gasteiger partial charge on any atom is 0.417 e. The largest absolute Gasteiger partial charge is 0.417 e. The van der Waals surface area contributed by atoms with Gasteiger partial charge in [0.1, 0.15) is 11.5 Å². The summed E-state index contributed by atoms with van der Waals surface area (Å²) in [6, 6.07) is 5.38. The third kappa shape index (κ3) is 5.52. The number of pyridine rings is 1. The zero-order chi connectivity index (χ0) is 23.5. The molecule has 0 spiro atoms. The normalized spacial score (nSPS) is 15.3. The van der Waals surface area contributed by atoms with Gasteiger partial charge in [-0.2, -0.15) is 13.2 Å². The molecule has 1 N–H and O–H groups in total. The van der Waals surface area contributed by atoms with Gasteiger partial charge in [0.2, 0.25) is 5.91 Å². The van der Waals surface area contributed by atoms with E-state index < -0.39 is 16.7 Å². The van der Waals surface area contributed by atoms with Gasteiger partial charge in [0, 0.05) is 38.4 Å². The number of carbonyl (C=O) groups excluding carboxylic acids is 1. The quantitative estimate of drug-likeness (QED) is 0.550. The summed E-state index contributed by atoms with van der Waals surface area (Å²) in [5, 5.41) is 14.0. The van der Waals surface area contributed by atoms with E-state index in [4.69, 9.17) is 0 Å². The molecular weight excluding hydrogens is 427 g/mol. The third-order valence-corrected chi connectivity index (χ3v) is 5.53. The van der Waals surface area contributed by atoms with E-state index in [-0.39, 0.29) is 23.8 Å².